The lowest BCUT2D eigenvalue weighted by atomic mass is 10.4. The Morgan fingerprint density at radius 2 is 2.38 bits per heavy atom. The number of aromatic nitrogens is 3. The maximum atomic E-state index is 4.64. The van der Waals surface area contributed by atoms with Gasteiger partial charge in [0.05, 0.1) is 30.3 Å². The molecule has 21 heavy (non-hydrogen) atoms. The van der Waals surface area contributed by atoms with Gasteiger partial charge in [-0.25, -0.2) is 4.98 Å². The van der Waals surface area contributed by atoms with Crippen LogP contribution >= 0.6 is 11.3 Å². The first-order valence-electron chi connectivity index (χ1n) is 7.07. The molecule has 0 unspecified atom stereocenters. The van der Waals surface area contributed by atoms with Crippen LogP contribution in [0.25, 0.3) is 0 Å². The van der Waals surface area contributed by atoms with Crippen molar-refractivity contribution < 1.29 is 0 Å². The van der Waals surface area contributed by atoms with Crippen LogP contribution in [0.5, 0.6) is 0 Å². The van der Waals surface area contributed by atoms with Crippen LogP contribution in [0.2, 0.25) is 0 Å². The van der Waals surface area contributed by atoms with Gasteiger partial charge in [-0.3, -0.25) is 9.67 Å². The van der Waals surface area contributed by atoms with Gasteiger partial charge in [-0.05, 0) is 19.9 Å². The SMILES string of the molecule is CCNC(=NCCn1cccn1)N(C)Cc1csc(C)n1. The number of aryl methyl sites for hydroxylation is 1. The summed E-state index contributed by atoms with van der Waals surface area (Å²) in [6, 6.07) is 1.92. The molecular formula is C14H22N6S. The van der Waals surface area contributed by atoms with E-state index < -0.39 is 0 Å². The first kappa shape index (κ1) is 15.5. The van der Waals surface area contributed by atoms with E-state index in [0.717, 1.165) is 36.3 Å². The number of guanidine groups is 1. The number of nitrogens with one attached hydrogen (secondary N) is 1. The van der Waals surface area contributed by atoms with E-state index in [9.17, 15) is 0 Å². The Morgan fingerprint density at radius 1 is 1.52 bits per heavy atom. The van der Waals surface area contributed by atoms with Gasteiger partial charge in [-0.1, -0.05) is 0 Å². The molecule has 2 aromatic heterocycles. The fourth-order valence-corrected chi connectivity index (χ4v) is 2.56. The summed E-state index contributed by atoms with van der Waals surface area (Å²) in [5.41, 5.74) is 1.08. The highest BCUT2D eigenvalue weighted by molar-refractivity contribution is 7.09. The van der Waals surface area contributed by atoms with Crippen molar-refractivity contribution >= 4 is 17.3 Å². The van der Waals surface area contributed by atoms with Crippen molar-refractivity contribution in [1.82, 2.24) is 25.0 Å². The molecule has 0 amide bonds. The Hall–Kier alpha value is -1.89. The number of aliphatic imine (C=N–C) groups is 1. The zero-order valence-corrected chi connectivity index (χ0v) is 13.6. The first-order valence-corrected chi connectivity index (χ1v) is 7.95. The lowest BCUT2D eigenvalue weighted by molar-refractivity contribution is 0.469. The van der Waals surface area contributed by atoms with E-state index in [1.165, 1.54) is 0 Å². The second-order valence-electron chi connectivity index (χ2n) is 4.72. The Bertz CT molecular complexity index is 560. The summed E-state index contributed by atoms with van der Waals surface area (Å²) in [4.78, 5) is 11.2. The Morgan fingerprint density at radius 3 is 3.00 bits per heavy atom. The fourth-order valence-electron chi connectivity index (χ4n) is 1.96. The normalized spacial score (nSPS) is 11.7. The molecule has 0 saturated carbocycles. The third-order valence-electron chi connectivity index (χ3n) is 2.91. The number of hydrogen-bond donors (Lipinski definition) is 1. The highest BCUT2D eigenvalue weighted by Gasteiger charge is 2.08. The number of hydrogen-bond acceptors (Lipinski definition) is 4. The monoisotopic (exact) mass is 306 g/mol. The highest BCUT2D eigenvalue weighted by Crippen LogP contribution is 2.09. The lowest BCUT2D eigenvalue weighted by Gasteiger charge is -2.21. The Balaban J connectivity index is 1.92. The van der Waals surface area contributed by atoms with E-state index in [0.29, 0.717) is 6.54 Å². The van der Waals surface area contributed by atoms with Gasteiger partial charge in [0.15, 0.2) is 5.96 Å². The predicted molar refractivity (Wildman–Crippen MR) is 86.5 cm³/mol. The van der Waals surface area contributed by atoms with Gasteiger partial charge in [-0.2, -0.15) is 5.10 Å². The zero-order chi connectivity index (χ0) is 15.1. The van der Waals surface area contributed by atoms with Crippen molar-refractivity contribution in [2.45, 2.75) is 26.9 Å². The van der Waals surface area contributed by atoms with Gasteiger partial charge < -0.3 is 10.2 Å². The second-order valence-corrected chi connectivity index (χ2v) is 5.78. The quantitative estimate of drug-likeness (QED) is 0.652. The molecule has 0 atom stereocenters. The van der Waals surface area contributed by atoms with Crippen molar-refractivity contribution in [3.8, 4) is 0 Å². The van der Waals surface area contributed by atoms with E-state index >= 15 is 0 Å². The van der Waals surface area contributed by atoms with Crippen LogP contribution in [0.15, 0.2) is 28.8 Å². The van der Waals surface area contributed by atoms with Crippen LogP contribution in [0.3, 0.4) is 0 Å². The molecule has 0 bridgehead atoms. The van der Waals surface area contributed by atoms with Gasteiger partial charge in [-0.15, -0.1) is 11.3 Å². The molecule has 0 aliphatic carbocycles. The molecule has 0 aliphatic heterocycles. The molecule has 2 heterocycles. The average molecular weight is 306 g/mol. The third-order valence-corrected chi connectivity index (χ3v) is 3.73. The van der Waals surface area contributed by atoms with E-state index in [4.69, 9.17) is 0 Å². The highest BCUT2D eigenvalue weighted by atomic mass is 32.1. The van der Waals surface area contributed by atoms with Crippen molar-refractivity contribution in [3.05, 3.63) is 34.5 Å². The van der Waals surface area contributed by atoms with E-state index in [-0.39, 0.29) is 0 Å². The molecule has 1 N–H and O–H groups in total. The van der Waals surface area contributed by atoms with Crippen LogP contribution in [0.4, 0.5) is 0 Å². The lowest BCUT2D eigenvalue weighted by Crippen LogP contribution is -2.38. The smallest absolute Gasteiger partial charge is 0.194 e. The summed E-state index contributed by atoms with van der Waals surface area (Å²) in [5, 5.41) is 10.7. The molecule has 7 heteroatoms. The predicted octanol–water partition coefficient (Wildman–Crippen LogP) is 1.75. The summed E-state index contributed by atoms with van der Waals surface area (Å²) in [7, 11) is 2.03. The van der Waals surface area contributed by atoms with E-state index in [1.807, 2.05) is 30.9 Å². The summed E-state index contributed by atoms with van der Waals surface area (Å²) >= 11 is 1.68. The van der Waals surface area contributed by atoms with Crippen LogP contribution < -0.4 is 5.32 Å². The molecule has 0 aliphatic rings. The van der Waals surface area contributed by atoms with Crippen molar-refractivity contribution in [3.63, 3.8) is 0 Å². The van der Waals surface area contributed by atoms with Crippen molar-refractivity contribution in [2.75, 3.05) is 20.1 Å². The van der Waals surface area contributed by atoms with Crippen LogP contribution in [0.1, 0.15) is 17.6 Å². The maximum Gasteiger partial charge on any atom is 0.194 e. The minimum absolute atomic E-state index is 0.699. The number of rotatable bonds is 6. The van der Waals surface area contributed by atoms with E-state index in [2.05, 4.69) is 37.6 Å². The largest absolute Gasteiger partial charge is 0.357 e. The van der Waals surface area contributed by atoms with Crippen LogP contribution in [-0.4, -0.2) is 45.8 Å². The summed E-state index contributed by atoms with van der Waals surface area (Å²) in [5.74, 6) is 0.898. The molecule has 0 aromatic carbocycles. The maximum absolute atomic E-state index is 4.64. The van der Waals surface area contributed by atoms with Gasteiger partial charge in [0.2, 0.25) is 0 Å². The molecule has 2 aromatic rings. The standard InChI is InChI=1S/C14H22N6S/c1-4-15-14(16-7-9-20-8-5-6-17-20)19(3)10-13-11-21-12(2)18-13/h5-6,8,11H,4,7,9-10H2,1-3H3,(H,15,16). The topological polar surface area (TPSA) is 58.3 Å². The summed E-state index contributed by atoms with van der Waals surface area (Å²) in [6.07, 6.45) is 3.73. The molecule has 0 radical (unpaired) electrons. The van der Waals surface area contributed by atoms with Gasteiger partial charge in [0.1, 0.15) is 0 Å². The summed E-state index contributed by atoms with van der Waals surface area (Å²) < 4.78 is 1.89. The van der Waals surface area contributed by atoms with Crippen molar-refractivity contribution in [1.29, 1.82) is 0 Å². The Labute approximate surface area is 129 Å². The van der Waals surface area contributed by atoms with Gasteiger partial charge in [0, 0.05) is 31.4 Å². The third kappa shape index (κ3) is 4.86. The fraction of sp³-hybridized carbons (Fsp3) is 0.500. The summed E-state index contributed by atoms with van der Waals surface area (Å²) in [6.45, 7) is 7.19. The van der Waals surface area contributed by atoms with Crippen LogP contribution in [0, 0.1) is 6.92 Å². The van der Waals surface area contributed by atoms with Gasteiger partial charge in [0.25, 0.3) is 0 Å². The molecule has 0 fully saturated rings. The Kier molecular flexibility index (Phi) is 5.74. The molecule has 0 spiro atoms. The van der Waals surface area contributed by atoms with E-state index in [1.54, 1.807) is 17.5 Å². The molecule has 114 valence electrons. The first-order chi connectivity index (χ1) is 10.2. The number of nitrogens with zero attached hydrogens (tertiary/aromatic N) is 5. The van der Waals surface area contributed by atoms with Crippen molar-refractivity contribution in [2.24, 2.45) is 4.99 Å². The molecule has 2 rings (SSSR count). The minimum atomic E-state index is 0.699. The molecule has 0 saturated heterocycles. The van der Waals surface area contributed by atoms with Gasteiger partial charge >= 0.3 is 0 Å². The minimum Gasteiger partial charge on any atom is -0.357 e. The van der Waals surface area contributed by atoms with Crippen LogP contribution in [-0.2, 0) is 13.1 Å². The molecular weight excluding hydrogens is 284 g/mol. The number of thiazole rings is 1. The second kappa shape index (κ2) is 7.78. The average Bonchev–Trinajstić information content (AvgIpc) is 3.10. The molecule has 6 nitrogen and oxygen atoms in total. The zero-order valence-electron chi connectivity index (χ0n) is 12.8.